The number of morpholine rings is 1. The molecule has 0 bridgehead atoms. The lowest BCUT2D eigenvalue weighted by Crippen LogP contribution is -2.44. The van der Waals surface area contributed by atoms with Gasteiger partial charge in [0.05, 0.1) is 41.7 Å². The van der Waals surface area contributed by atoms with Gasteiger partial charge in [0.1, 0.15) is 22.1 Å². The fraction of sp³-hybridized carbons (Fsp3) is 0.418. The predicted octanol–water partition coefficient (Wildman–Crippen LogP) is 7.14. The standard InChI is InChI=1S/C28H35N7O3.C27H32N6O2/c1-36-23-6-4-20(18-24(23)37-2)19-3-5-21-22(17-19)31-26-25(21)32-28(35-11-7-29-8-12-35)33-27(26)30-9-10-34-13-15-38-16-14-34;1-34-22-9-7-19(17-23(22)35-2)18-6-8-20-21(16-18)29-25-24(20)30-27(33-14-10-28-11-15-33)31-26(25)32-12-4-3-5-13-32/h3-6,17-18,29,31H,7-16H2,1-2H3,(H,30,32,33);6-9,16-17,28-29H,3-5,10-15H2,1-2H3. The van der Waals surface area contributed by atoms with Crippen molar-refractivity contribution < 1.29 is 23.7 Å². The molecule has 4 saturated heterocycles. The second-order valence-corrected chi connectivity index (χ2v) is 19.0. The van der Waals surface area contributed by atoms with Crippen LogP contribution in [0.3, 0.4) is 0 Å². The maximum Gasteiger partial charge on any atom is 0.228 e. The average molecular weight is 990 g/mol. The monoisotopic (exact) mass is 990 g/mol. The van der Waals surface area contributed by atoms with E-state index in [1.165, 1.54) is 19.3 Å². The topological polar surface area (TPSA) is 178 Å². The van der Waals surface area contributed by atoms with Crippen LogP contribution in [0.25, 0.3) is 66.1 Å². The minimum absolute atomic E-state index is 0.708. The number of H-pyrrole nitrogens is 2. The molecule has 8 heterocycles. The fourth-order valence-corrected chi connectivity index (χ4v) is 10.5. The first-order valence-electron chi connectivity index (χ1n) is 25.8. The van der Waals surface area contributed by atoms with Crippen molar-refractivity contribution in [1.82, 2.24) is 45.4 Å². The number of rotatable bonds is 13. The Morgan fingerprint density at radius 3 is 1.55 bits per heavy atom. The number of hydrogen-bond acceptors (Lipinski definition) is 16. The molecule has 0 saturated carbocycles. The third kappa shape index (κ3) is 10.2. The Balaban J connectivity index is 0.000000158. The van der Waals surface area contributed by atoms with Gasteiger partial charge in [-0.25, -0.2) is 9.97 Å². The zero-order chi connectivity index (χ0) is 49.7. The molecule has 382 valence electrons. The summed E-state index contributed by atoms with van der Waals surface area (Å²) in [7, 11) is 6.63. The molecule has 0 unspecified atom stereocenters. The van der Waals surface area contributed by atoms with E-state index in [-0.39, 0.29) is 0 Å². The van der Waals surface area contributed by atoms with Gasteiger partial charge in [-0.2, -0.15) is 9.97 Å². The lowest BCUT2D eigenvalue weighted by Gasteiger charge is -2.31. The predicted molar refractivity (Wildman–Crippen MR) is 292 cm³/mol. The molecule has 8 aromatic rings. The molecule has 12 rings (SSSR count). The van der Waals surface area contributed by atoms with E-state index in [4.69, 9.17) is 43.6 Å². The van der Waals surface area contributed by atoms with E-state index in [1.54, 1.807) is 28.4 Å². The minimum atomic E-state index is 0.708. The number of piperazine rings is 2. The summed E-state index contributed by atoms with van der Waals surface area (Å²) in [6, 6.07) is 25.0. The summed E-state index contributed by atoms with van der Waals surface area (Å²) >= 11 is 0. The number of aromatic amines is 2. The van der Waals surface area contributed by atoms with Crippen LogP contribution in [0.2, 0.25) is 0 Å². The van der Waals surface area contributed by atoms with E-state index >= 15 is 0 Å². The Morgan fingerprint density at radius 2 is 1.00 bits per heavy atom. The van der Waals surface area contributed by atoms with Gasteiger partial charge in [-0.05, 0) is 77.9 Å². The number of nitrogens with zero attached hydrogens (tertiary/aromatic N) is 8. The first-order valence-corrected chi connectivity index (χ1v) is 25.8. The summed E-state index contributed by atoms with van der Waals surface area (Å²) in [5.74, 6) is 6.37. The summed E-state index contributed by atoms with van der Waals surface area (Å²) in [6.45, 7) is 14.8. The number of aromatic nitrogens is 6. The number of nitrogens with one attached hydrogen (secondary N) is 5. The number of hydrogen-bond donors (Lipinski definition) is 5. The minimum Gasteiger partial charge on any atom is -0.493 e. The van der Waals surface area contributed by atoms with Crippen molar-refractivity contribution in [2.45, 2.75) is 19.3 Å². The number of piperidine rings is 1. The van der Waals surface area contributed by atoms with Crippen LogP contribution < -0.4 is 49.6 Å². The van der Waals surface area contributed by atoms with Crippen molar-refractivity contribution in [1.29, 1.82) is 0 Å². The molecule has 0 amide bonds. The molecular weight excluding hydrogens is 923 g/mol. The Morgan fingerprint density at radius 1 is 0.507 bits per heavy atom. The van der Waals surface area contributed by atoms with Crippen LogP contribution in [0.4, 0.5) is 23.5 Å². The van der Waals surface area contributed by atoms with Gasteiger partial charge in [-0.3, -0.25) is 4.90 Å². The molecule has 4 aliphatic heterocycles. The molecule has 4 aliphatic rings. The molecule has 0 spiro atoms. The molecule has 4 fully saturated rings. The van der Waals surface area contributed by atoms with Crippen molar-refractivity contribution >= 4 is 67.4 Å². The van der Waals surface area contributed by atoms with Gasteiger partial charge >= 0.3 is 0 Å². The second-order valence-electron chi connectivity index (χ2n) is 19.0. The largest absolute Gasteiger partial charge is 0.493 e. The molecular formula is C55H67N13O5. The summed E-state index contributed by atoms with van der Waals surface area (Å²) in [5.41, 5.74) is 10.3. The van der Waals surface area contributed by atoms with Crippen LogP contribution in [0.15, 0.2) is 72.8 Å². The Labute approximate surface area is 425 Å². The number of methoxy groups -OCH3 is 4. The zero-order valence-corrected chi connectivity index (χ0v) is 42.5. The summed E-state index contributed by atoms with van der Waals surface area (Å²) in [6.07, 6.45) is 3.70. The molecule has 18 heteroatoms. The third-order valence-corrected chi connectivity index (χ3v) is 14.6. The van der Waals surface area contributed by atoms with Crippen LogP contribution in [0, 0.1) is 0 Å². The van der Waals surface area contributed by atoms with Crippen molar-refractivity contribution in [3.63, 3.8) is 0 Å². The number of anilines is 4. The molecule has 0 aliphatic carbocycles. The van der Waals surface area contributed by atoms with Crippen molar-refractivity contribution in [2.24, 2.45) is 0 Å². The maximum absolute atomic E-state index is 5.52. The lowest BCUT2D eigenvalue weighted by molar-refractivity contribution is 0.0398. The molecule has 0 radical (unpaired) electrons. The van der Waals surface area contributed by atoms with Crippen molar-refractivity contribution in [2.75, 3.05) is 153 Å². The molecule has 4 aromatic carbocycles. The number of ether oxygens (including phenoxy) is 5. The maximum atomic E-state index is 5.52. The van der Waals surface area contributed by atoms with Crippen LogP contribution in [0.5, 0.6) is 23.0 Å². The highest BCUT2D eigenvalue weighted by Crippen LogP contribution is 2.39. The van der Waals surface area contributed by atoms with E-state index in [9.17, 15) is 0 Å². The Kier molecular flexibility index (Phi) is 14.5. The highest BCUT2D eigenvalue weighted by atomic mass is 16.5. The van der Waals surface area contributed by atoms with Gasteiger partial charge < -0.3 is 64.3 Å². The smallest absolute Gasteiger partial charge is 0.228 e. The van der Waals surface area contributed by atoms with Gasteiger partial charge in [-0.15, -0.1) is 0 Å². The quantitative estimate of drug-likeness (QED) is 0.0787. The first-order chi connectivity index (χ1) is 36.0. The normalized spacial score (nSPS) is 16.7. The highest BCUT2D eigenvalue weighted by molar-refractivity contribution is 6.10. The second kappa shape index (κ2) is 21.9. The molecule has 73 heavy (non-hydrogen) atoms. The van der Waals surface area contributed by atoms with Crippen molar-refractivity contribution in [3.8, 4) is 45.3 Å². The Hall–Kier alpha value is -7.12. The third-order valence-electron chi connectivity index (χ3n) is 14.6. The number of benzene rings is 4. The molecule has 18 nitrogen and oxygen atoms in total. The summed E-state index contributed by atoms with van der Waals surface area (Å²) in [4.78, 5) is 37.0. The van der Waals surface area contributed by atoms with Crippen LogP contribution in [-0.2, 0) is 4.74 Å². The Bertz CT molecular complexity index is 3190. The van der Waals surface area contributed by atoms with E-state index in [0.717, 1.165) is 206 Å². The first kappa shape index (κ1) is 48.2. The van der Waals surface area contributed by atoms with E-state index in [2.05, 4.69) is 88.0 Å². The summed E-state index contributed by atoms with van der Waals surface area (Å²) in [5, 5.41) is 12.7. The highest BCUT2D eigenvalue weighted by Gasteiger charge is 2.24. The number of fused-ring (bicyclic) bond motifs is 6. The fourth-order valence-electron chi connectivity index (χ4n) is 10.5. The zero-order valence-electron chi connectivity index (χ0n) is 42.5. The van der Waals surface area contributed by atoms with Crippen LogP contribution in [-0.4, -0.2) is 168 Å². The van der Waals surface area contributed by atoms with E-state index in [1.807, 2.05) is 30.3 Å². The van der Waals surface area contributed by atoms with Gasteiger partial charge in [-0.1, -0.05) is 36.4 Å². The van der Waals surface area contributed by atoms with Gasteiger partial charge in [0.25, 0.3) is 0 Å². The van der Waals surface area contributed by atoms with Crippen LogP contribution >= 0.6 is 0 Å². The van der Waals surface area contributed by atoms with Gasteiger partial charge in [0, 0.05) is 113 Å². The van der Waals surface area contributed by atoms with E-state index in [0.29, 0.717) is 11.5 Å². The van der Waals surface area contributed by atoms with E-state index < -0.39 is 0 Å². The average Bonchev–Trinajstić information content (AvgIpc) is 4.03. The van der Waals surface area contributed by atoms with Crippen LogP contribution in [0.1, 0.15) is 19.3 Å². The SMILES string of the molecule is COc1ccc(-c2ccc3c(c2)[nH]c2c(N4CCCCC4)nc(N4CCNCC4)nc23)cc1OC.COc1ccc(-c2ccc3c(c2)[nH]c2c(NCCN4CCOCC4)nc(N4CCNCC4)nc23)cc1OC. The lowest BCUT2D eigenvalue weighted by atomic mass is 10.0. The summed E-state index contributed by atoms with van der Waals surface area (Å²) < 4.78 is 27.4. The van der Waals surface area contributed by atoms with Gasteiger partial charge in [0.15, 0.2) is 34.6 Å². The van der Waals surface area contributed by atoms with Crippen molar-refractivity contribution in [3.05, 3.63) is 72.8 Å². The molecule has 5 N–H and O–H groups in total. The molecule has 4 aromatic heterocycles. The molecule has 0 atom stereocenters. The van der Waals surface area contributed by atoms with Gasteiger partial charge in [0.2, 0.25) is 11.9 Å².